The van der Waals surface area contributed by atoms with Crippen molar-refractivity contribution in [1.82, 2.24) is 15.2 Å². The summed E-state index contributed by atoms with van der Waals surface area (Å²) in [5.41, 5.74) is 3.87. The molecule has 3 nitrogen and oxygen atoms in total. The van der Waals surface area contributed by atoms with E-state index < -0.39 is 0 Å². The van der Waals surface area contributed by atoms with E-state index in [9.17, 15) is 0 Å². The minimum Gasteiger partial charge on any atom is -0.353 e. The molecule has 0 fully saturated rings. The van der Waals surface area contributed by atoms with E-state index in [1.165, 1.54) is 0 Å². The Hall–Kier alpha value is -1.87. The van der Waals surface area contributed by atoms with Crippen LogP contribution in [-0.4, -0.2) is 15.2 Å². The Bertz CT molecular complexity index is 631. The zero-order chi connectivity index (χ0) is 11.0. The molecule has 0 aliphatic rings. The van der Waals surface area contributed by atoms with Crippen molar-refractivity contribution in [1.29, 1.82) is 0 Å². The third-order valence-corrected chi connectivity index (χ3v) is 2.61. The van der Waals surface area contributed by atoms with Crippen molar-refractivity contribution in [3.63, 3.8) is 0 Å². The molecule has 3 rings (SSSR count). The van der Waals surface area contributed by atoms with Crippen LogP contribution in [0.1, 0.15) is 0 Å². The van der Waals surface area contributed by atoms with Gasteiger partial charge in [-0.2, -0.15) is 0 Å². The molecule has 4 heteroatoms. The average Bonchev–Trinajstić information content (AvgIpc) is 2.73. The van der Waals surface area contributed by atoms with Crippen LogP contribution in [0.2, 0.25) is 5.15 Å². The maximum Gasteiger partial charge on any atom is 0.153 e. The van der Waals surface area contributed by atoms with Crippen LogP contribution in [-0.2, 0) is 0 Å². The molecule has 0 bridgehead atoms. The van der Waals surface area contributed by atoms with E-state index in [1.807, 2.05) is 36.4 Å². The van der Waals surface area contributed by atoms with Crippen LogP contribution in [0, 0.1) is 0 Å². The molecule has 0 radical (unpaired) electrons. The van der Waals surface area contributed by atoms with E-state index >= 15 is 0 Å². The Morgan fingerprint density at radius 2 is 1.81 bits per heavy atom. The standard InChI is InChI=1S/C12H8ClN3/c13-12-7-10-11(15-16-12)6-9(14-10)8-4-2-1-3-5-8/h1-7,14H. The van der Waals surface area contributed by atoms with Crippen molar-refractivity contribution in [3.05, 3.63) is 47.6 Å². The predicted octanol–water partition coefficient (Wildman–Crippen LogP) is 3.28. The Morgan fingerprint density at radius 1 is 1.00 bits per heavy atom. The summed E-state index contributed by atoms with van der Waals surface area (Å²) in [5.74, 6) is 0. The number of benzene rings is 1. The molecule has 0 amide bonds. The monoisotopic (exact) mass is 229 g/mol. The Labute approximate surface area is 97.1 Å². The first-order chi connectivity index (χ1) is 7.83. The van der Waals surface area contributed by atoms with Crippen LogP contribution in [0.5, 0.6) is 0 Å². The number of nitrogens with one attached hydrogen (secondary N) is 1. The second-order valence-corrected chi connectivity index (χ2v) is 3.90. The smallest absolute Gasteiger partial charge is 0.153 e. The van der Waals surface area contributed by atoms with Crippen LogP contribution in [0.15, 0.2) is 42.5 Å². The summed E-state index contributed by atoms with van der Waals surface area (Å²) in [6.45, 7) is 0. The molecule has 0 aliphatic carbocycles. The lowest BCUT2D eigenvalue weighted by Gasteiger charge is -1.94. The van der Waals surface area contributed by atoms with Crippen molar-refractivity contribution < 1.29 is 0 Å². The highest BCUT2D eigenvalue weighted by Gasteiger charge is 2.04. The third-order valence-electron chi connectivity index (χ3n) is 2.43. The van der Waals surface area contributed by atoms with E-state index in [0.29, 0.717) is 5.15 Å². The molecule has 2 aromatic heterocycles. The number of fused-ring (bicyclic) bond motifs is 1. The van der Waals surface area contributed by atoms with Gasteiger partial charge in [0.2, 0.25) is 0 Å². The maximum absolute atomic E-state index is 5.78. The largest absolute Gasteiger partial charge is 0.353 e. The van der Waals surface area contributed by atoms with Gasteiger partial charge in [0.1, 0.15) is 5.52 Å². The minimum absolute atomic E-state index is 0.397. The number of aromatic nitrogens is 3. The number of rotatable bonds is 1. The summed E-state index contributed by atoms with van der Waals surface area (Å²) >= 11 is 5.78. The molecule has 0 saturated heterocycles. The van der Waals surface area contributed by atoms with E-state index in [1.54, 1.807) is 6.07 Å². The lowest BCUT2D eigenvalue weighted by molar-refractivity contribution is 1.08. The highest BCUT2D eigenvalue weighted by molar-refractivity contribution is 6.29. The van der Waals surface area contributed by atoms with Gasteiger partial charge < -0.3 is 4.98 Å². The molecule has 0 saturated carbocycles. The van der Waals surface area contributed by atoms with E-state index in [4.69, 9.17) is 11.6 Å². The summed E-state index contributed by atoms with van der Waals surface area (Å²) < 4.78 is 0. The number of halogens is 1. The molecule has 78 valence electrons. The van der Waals surface area contributed by atoms with Gasteiger partial charge >= 0.3 is 0 Å². The fraction of sp³-hybridized carbons (Fsp3) is 0. The average molecular weight is 230 g/mol. The van der Waals surface area contributed by atoms with Gasteiger partial charge in [-0.15, -0.1) is 10.2 Å². The first kappa shape index (κ1) is 9.36. The molecule has 0 spiro atoms. The van der Waals surface area contributed by atoms with E-state index in [2.05, 4.69) is 15.2 Å². The first-order valence-corrected chi connectivity index (χ1v) is 5.28. The molecule has 3 aromatic rings. The molecule has 2 heterocycles. The Morgan fingerprint density at radius 3 is 2.62 bits per heavy atom. The third kappa shape index (κ3) is 1.55. The highest BCUT2D eigenvalue weighted by atomic mass is 35.5. The number of hydrogen-bond donors (Lipinski definition) is 1. The van der Waals surface area contributed by atoms with Gasteiger partial charge in [-0.1, -0.05) is 41.9 Å². The Kier molecular flexibility index (Phi) is 2.11. The van der Waals surface area contributed by atoms with E-state index in [0.717, 1.165) is 22.3 Å². The van der Waals surface area contributed by atoms with Crippen molar-refractivity contribution >= 4 is 22.6 Å². The minimum atomic E-state index is 0.397. The van der Waals surface area contributed by atoms with E-state index in [-0.39, 0.29) is 0 Å². The molecule has 16 heavy (non-hydrogen) atoms. The highest BCUT2D eigenvalue weighted by Crippen LogP contribution is 2.23. The lowest BCUT2D eigenvalue weighted by Crippen LogP contribution is -1.80. The second kappa shape index (κ2) is 3.61. The molecular formula is C12H8ClN3. The van der Waals surface area contributed by atoms with Gasteiger partial charge in [0, 0.05) is 11.8 Å². The zero-order valence-corrected chi connectivity index (χ0v) is 9.07. The van der Waals surface area contributed by atoms with Crippen molar-refractivity contribution in [2.75, 3.05) is 0 Å². The molecule has 1 aromatic carbocycles. The van der Waals surface area contributed by atoms with Gasteiger partial charge in [0.15, 0.2) is 5.15 Å². The summed E-state index contributed by atoms with van der Waals surface area (Å²) in [6.07, 6.45) is 0. The predicted molar refractivity (Wildman–Crippen MR) is 64.3 cm³/mol. The van der Waals surface area contributed by atoms with Crippen molar-refractivity contribution in [2.24, 2.45) is 0 Å². The van der Waals surface area contributed by atoms with Gasteiger partial charge in [-0.25, -0.2) is 0 Å². The number of nitrogens with zero attached hydrogens (tertiary/aromatic N) is 2. The number of aromatic amines is 1. The van der Waals surface area contributed by atoms with Gasteiger partial charge in [-0.05, 0) is 11.6 Å². The van der Waals surface area contributed by atoms with Gasteiger partial charge in [0.25, 0.3) is 0 Å². The molecular weight excluding hydrogens is 222 g/mol. The maximum atomic E-state index is 5.78. The Balaban J connectivity index is 2.19. The van der Waals surface area contributed by atoms with Crippen LogP contribution in [0.3, 0.4) is 0 Å². The lowest BCUT2D eigenvalue weighted by atomic mass is 10.2. The SMILES string of the molecule is Clc1cc2[nH]c(-c3ccccc3)cc2nn1. The molecule has 0 atom stereocenters. The molecule has 1 N–H and O–H groups in total. The first-order valence-electron chi connectivity index (χ1n) is 4.90. The zero-order valence-electron chi connectivity index (χ0n) is 8.31. The van der Waals surface area contributed by atoms with Crippen molar-refractivity contribution in [3.8, 4) is 11.3 Å². The van der Waals surface area contributed by atoms with Gasteiger partial charge in [-0.3, -0.25) is 0 Å². The normalized spacial score (nSPS) is 10.8. The molecule has 0 unspecified atom stereocenters. The fourth-order valence-corrected chi connectivity index (χ4v) is 1.82. The quantitative estimate of drug-likeness (QED) is 0.696. The van der Waals surface area contributed by atoms with Crippen LogP contribution in [0.25, 0.3) is 22.3 Å². The number of H-pyrrole nitrogens is 1. The summed E-state index contributed by atoms with van der Waals surface area (Å²) in [6, 6.07) is 13.8. The van der Waals surface area contributed by atoms with Crippen LogP contribution in [0.4, 0.5) is 0 Å². The summed E-state index contributed by atoms with van der Waals surface area (Å²) in [5, 5.41) is 8.22. The summed E-state index contributed by atoms with van der Waals surface area (Å²) in [4.78, 5) is 3.27. The van der Waals surface area contributed by atoms with Crippen molar-refractivity contribution in [2.45, 2.75) is 0 Å². The number of hydrogen-bond acceptors (Lipinski definition) is 2. The fourth-order valence-electron chi connectivity index (χ4n) is 1.68. The molecule has 0 aliphatic heterocycles. The summed E-state index contributed by atoms with van der Waals surface area (Å²) in [7, 11) is 0. The van der Waals surface area contributed by atoms with Gasteiger partial charge in [0.05, 0.1) is 5.52 Å². The van der Waals surface area contributed by atoms with Crippen LogP contribution >= 0.6 is 11.6 Å². The second-order valence-electron chi connectivity index (χ2n) is 3.52. The van der Waals surface area contributed by atoms with Crippen LogP contribution < -0.4 is 0 Å². The topological polar surface area (TPSA) is 41.6 Å².